The molecule has 0 radical (unpaired) electrons. The van der Waals surface area contributed by atoms with Crippen LogP contribution in [0.2, 0.25) is 0 Å². The molecular formula is C15H15FN4O. The third-order valence-electron chi connectivity index (χ3n) is 3.28. The third-order valence-corrected chi connectivity index (χ3v) is 3.28. The summed E-state index contributed by atoms with van der Waals surface area (Å²) in [4.78, 5) is 0. The number of aliphatic hydroxyl groups is 1. The molecule has 0 aliphatic carbocycles. The number of anilines is 1. The van der Waals surface area contributed by atoms with E-state index < -0.39 is 6.10 Å². The SMILES string of the molecule is Cc1nnc(NC[C@H](O)c2ccc(F)cc2)c(C#N)c1C. The van der Waals surface area contributed by atoms with Gasteiger partial charge in [-0.25, -0.2) is 4.39 Å². The van der Waals surface area contributed by atoms with Gasteiger partial charge in [-0.1, -0.05) is 12.1 Å². The number of halogens is 1. The van der Waals surface area contributed by atoms with Gasteiger partial charge in [-0.05, 0) is 37.1 Å². The number of aliphatic hydroxyl groups excluding tert-OH is 1. The van der Waals surface area contributed by atoms with Gasteiger partial charge in [-0.3, -0.25) is 0 Å². The summed E-state index contributed by atoms with van der Waals surface area (Å²) in [6.07, 6.45) is -0.833. The summed E-state index contributed by atoms with van der Waals surface area (Å²) < 4.78 is 12.8. The van der Waals surface area contributed by atoms with E-state index in [9.17, 15) is 14.8 Å². The molecule has 0 fully saturated rings. The van der Waals surface area contributed by atoms with Crippen molar-refractivity contribution in [3.8, 4) is 6.07 Å². The molecule has 1 aromatic heterocycles. The van der Waals surface area contributed by atoms with Crippen LogP contribution >= 0.6 is 0 Å². The van der Waals surface area contributed by atoms with E-state index in [1.165, 1.54) is 24.3 Å². The summed E-state index contributed by atoms with van der Waals surface area (Å²) in [7, 11) is 0. The van der Waals surface area contributed by atoms with Crippen molar-refractivity contribution in [1.82, 2.24) is 10.2 Å². The van der Waals surface area contributed by atoms with Crippen molar-refractivity contribution in [2.75, 3.05) is 11.9 Å². The molecule has 108 valence electrons. The van der Waals surface area contributed by atoms with E-state index in [0.717, 1.165) is 5.56 Å². The molecule has 0 amide bonds. The van der Waals surface area contributed by atoms with Crippen LogP contribution in [0.15, 0.2) is 24.3 Å². The Morgan fingerprint density at radius 2 is 1.95 bits per heavy atom. The Kier molecular flexibility index (Phi) is 4.45. The normalized spacial score (nSPS) is 11.8. The molecule has 1 atom stereocenters. The topological polar surface area (TPSA) is 81.8 Å². The van der Waals surface area contributed by atoms with Gasteiger partial charge in [0.15, 0.2) is 5.82 Å². The lowest BCUT2D eigenvalue weighted by Gasteiger charge is -2.14. The molecule has 2 aromatic rings. The van der Waals surface area contributed by atoms with Gasteiger partial charge in [0.25, 0.3) is 0 Å². The molecule has 0 saturated carbocycles. The number of nitrogens with zero attached hydrogens (tertiary/aromatic N) is 3. The standard InChI is InChI=1S/C15H15FN4O/c1-9-10(2)19-20-15(13(9)7-17)18-8-14(21)11-3-5-12(16)6-4-11/h3-6,14,21H,8H2,1-2H3,(H,18,20)/t14-/m0/s1. The number of aromatic nitrogens is 2. The first kappa shape index (κ1) is 14.9. The molecular weight excluding hydrogens is 271 g/mol. The minimum atomic E-state index is -0.833. The Balaban J connectivity index is 2.12. The number of nitrogens with one attached hydrogen (secondary N) is 1. The molecule has 0 aliphatic heterocycles. The van der Waals surface area contributed by atoms with Crippen molar-refractivity contribution in [2.45, 2.75) is 20.0 Å². The Morgan fingerprint density at radius 1 is 1.29 bits per heavy atom. The van der Waals surface area contributed by atoms with Crippen molar-refractivity contribution < 1.29 is 9.50 Å². The first-order valence-electron chi connectivity index (χ1n) is 6.44. The molecule has 1 heterocycles. The van der Waals surface area contributed by atoms with Crippen LogP contribution in [0, 0.1) is 31.0 Å². The van der Waals surface area contributed by atoms with Crippen LogP contribution in [-0.4, -0.2) is 21.8 Å². The predicted molar refractivity (Wildman–Crippen MR) is 76.1 cm³/mol. The first-order chi connectivity index (χ1) is 10.0. The average Bonchev–Trinajstić information content (AvgIpc) is 2.49. The molecule has 5 nitrogen and oxygen atoms in total. The second kappa shape index (κ2) is 6.29. The van der Waals surface area contributed by atoms with Gasteiger partial charge in [0.05, 0.1) is 11.8 Å². The molecule has 6 heteroatoms. The minimum absolute atomic E-state index is 0.150. The number of nitriles is 1. The van der Waals surface area contributed by atoms with Gasteiger partial charge >= 0.3 is 0 Å². The molecule has 0 unspecified atom stereocenters. The summed E-state index contributed by atoms with van der Waals surface area (Å²) in [5.41, 5.74) is 2.44. The lowest BCUT2D eigenvalue weighted by atomic mass is 10.1. The molecule has 0 aliphatic rings. The van der Waals surface area contributed by atoms with E-state index in [1.807, 2.05) is 0 Å². The van der Waals surface area contributed by atoms with E-state index >= 15 is 0 Å². The molecule has 2 N–H and O–H groups in total. The van der Waals surface area contributed by atoms with Crippen molar-refractivity contribution >= 4 is 5.82 Å². The van der Waals surface area contributed by atoms with Crippen LogP contribution in [0.1, 0.15) is 28.5 Å². The summed E-state index contributed by atoms with van der Waals surface area (Å²) in [6.45, 7) is 3.72. The molecule has 0 bridgehead atoms. The van der Waals surface area contributed by atoms with Crippen molar-refractivity contribution in [2.24, 2.45) is 0 Å². The van der Waals surface area contributed by atoms with E-state index in [4.69, 9.17) is 0 Å². The Hall–Kier alpha value is -2.52. The fourth-order valence-corrected chi connectivity index (χ4v) is 1.87. The Morgan fingerprint density at radius 3 is 2.57 bits per heavy atom. The predicted octanol–water partition coefficient (Wildman–Crippen LogP) is 2.25. The highest BCUT2D eigenvalue weighted by atomic mass is 19.1. The van der Waals surface area contributed by atoms with Crippen LogP contribution < -0.4 is 5.32 Å². The van der Waals surface area contributed by atoms with E-state index in [2.05, 4.69) is 21.6 Å². The summed E-state index contributed by atoms with van der Waals surface area (Å²) in [5.74, 6) is -0.0209. The fourth-order valence-electron chi connectivity index (χ4n) is 1.87. The first-order valence-corrected chi connectivity index (χ1v) is 6.44. The number of hydrogen-bond donors (Lipinski definition) is 2. The highest BCUT2D eigenvalue weighted by Crippen LogP contribution is 2.19. The number of rotatable bonds is 4. The Bertz CT molecular complexity index is 679. The van der Waals surface area contributed by atoms with Crippen LogP contribution in [0.25, 0.3) is 0 Å². The summed E-state index contributed by atoms with van der Waals surface area (Å²) in [5, 5.41) is 30.0. The van der Waals surface area contributed by atoms with Crippen molar-refractivity contribution in [3.63, 3.8) is 0 Å². The van der Waals surface area contributed by atoms with Gasteiger partial charge < -0.3 is 10.4 Å². The smallest absolute Gasteiger partial charge is 0.167 e. The van der Waals surface area contributed by atoms with Crippen molar-refractivity contribution in [1.29, 1.82) is 5.26 Å². The van der Waals surface area contributed by atoms with Crippen LogP contribution in [0.5, 0.6) is 0 Å². The zero-order chi connectivity index (χ0) is 15.4. The maximum Gasteiger partial charge on any atom is 0.167 e. The minimum Gasteiger partial charge on any atom is -0.387 e. The van der Waals surface area contributed by atoms with Crippen molar-refractivity contribution in [3.05, 3.63) is 52.5 Å². The van der Waals surface area contributed by atoms with E-state index in [0.29, 0.717) is 22.6 Å². The highest BCUT2D eigenvalue weighted by molar-refractivity contribution is 5.55. The van der Waals surface area contributed by atoms with Gasteiger partial charge in [0.1, 0.15) is 17.4 Å². The zero-order valence-corrected chi connectivity index (χ0v) is 11.8. The van der Waals surface area contributed by atoms with E-state index in [-0.39, 0.29) is 12.4 Å². The molecule has 0 saturated heterocycles. The second-order valence-corrected chi connectivity index (χ2v) is 4.69. The quantitative estimate of drug-likeness (QED) is 0.901. The fraction of sp³-hybridized carbons (Fsp3) is 0.267. The second-order valence-electron chi connectivity index (χ2n) is 4.69. The molecule has 2 rings (SSSR count). The summed E-state index contributed by atoms with van der Waals surface area (Å²) >= 11 is 0. The lowest BCUT2D eigenvalue weighted by molar-refractivity contribution is 0.191. The van der Waals surface area contributed by atoms with Crippen LogP contribution in [0.4, 0.5) is 10.2 Å². The van der Waals surface area contributed by atoms with E-state index in [1.54, 1.807) is 13.8 Å². The number of benzene rings is 1. The maximum atomic E-state index is 12.8. The van der Waals surface area contributed by atoms with Gasteiger partial charge in [-0.15, -0.1) is 5.10 Å². The maximum absolute atomic E-state index is 12.8. The van der Waals surface area contributed by atoms with Crippen LogP contribution in [0.3, 0.4) is 0 Å². The van der Waals surface area contributed by atoms with Gasteiger partial charge in [0.2, 0.25) is 0 Å². The Labute approximate surface area is 122 Å². The van der Waals surface area contributed by atoms with Gasteiger partial charge in [0, 0.05) is 6.54 Å². The van der Waals surface area contributed by atoms with Crippen LogP contribution in [-0.2, 0) is 0 Å². The molecule has 21 heavy (non-hydrogen) atoms. The highest BCUT2D eigenvalue weighted by Gasteiger charge is 2.13. The monoisotopic (exact) mass is 286 g/mol. The average molecular weight is 286 g/mol. The largest absolute Gasteiger partial charge is 0.387 e. The third kappa shape index (κ3) is 3.33. The number of aryl methyl sites for hydroxylation is 1. The summed E-state index contributed by atoms with van der Waals surface area (Å²) in [6, 6.07) is 7.68. The molecule has 0 spiro atoms. The molecule has 1 aromatic carbocycles. The zero-order valence-electron chi connectivity index (χ0n) is 11.8. The lowest BCUT2D eigenvalue weighted by Crippen LogP contribution is -2.15. The number of hydrogen-bond acceptors (Lipinski definition) is 5. The van der Waals surface area contributed by atoms with Gasteiger partial charge in [-0.2, -0.15) is 10.4 Å².